The van der Waals surface area contributed by atoms with Gasteiger partial charge in [-0.1, -0.05) is 0 Å². The SMILES string of the molecule is CC(C[NH+]([O-])C(C)(C)C)OC(C)(C)C. The molecule has 0 spiro atoms. The Bertz CT molecular complexity index is 167. The third kappa shape index (κ3) is 6.35. The van der Waals surface area contributed by atoms with Crippen molar-refractivity contribution >= 4 is 0 Å². The van der Waals surface area contributed by atoms with E-state index in [1.165, 1.54) is 0 Å². The smallest absolute Gasteiger partial charge is 0.104 e. The van der Waals surface area contributed by atoms with E-state index in [2.05, 4.69) is 0 Å². The zero-order valence-electron chi connectivity index (χ0n) is 10.6. The lowest BCUT2D eigenvalue weighted by molar-refractivity contribution is -0.901. The minimum Gasteiger partial charge on any atom is -0.634 e. The highest BCUT2D eigenvalue weighted by Crippen LogP contribution is 2.09. The summed E-state index contributed by atoms with van der Waals surface area (Å²) in [6.45, 7) is 14.3. The first-order chi connectivity index (χ1) is 6.02. The molecule has 0 fully saturated rings. The summed E-state index contributed by atoms with van der Waals surface area (Å²) in [7, 11) is 0. The Hall–Kier alpha value is -0.120. The van der Waals surface area contributed by atoms with Crippen LogP contribution in [0.25, 0.3) is 0 Å². The van der Waals surface area contributed by atoms with E-state index in [0.29, 0.717) is 6.54 Å². The van der Waals surface area contributed by atoms with Crippen molar-refractivity contribution in [3.05, 3.63) is 5.21 Å². The molecule has 0 aromatic heterocycles. The summed E-state index contributed by atoms with van der Waals surface area (Å²) in [5.41, 5.74) is -0.424. The van der Waals surface area contributed by atoms with Crippen LogP contribution in [0.1, 0.15) is 48.5 Å². The zero-order valence-corrected chi connectivity index (χ0v) is 10.6. The van der Waals surface area contributed by atoms with Crippen molar-refractivity contribution < 1.29 is 9.80 Å². The van der Waals surface area contributed by atoms with Gasteiger partial charge in [-0.15, -0.1) is 0 Å². The number of nitrogens with one attached hydrogen (secondary N) is 1. The molecular formula is C11H25NO2. The summed E-state index contributed by atoms with van der Waals surface area (Å²) < 4.78 is 5.68. The van der Waals surface area contributed by atoms with Crippen LogP contribution in [0, 0.1) is 5.21 Å². The van der Waals surface area contributed by atoms with Crippen LogP contribution in [-0.2, 0) is 4.74 Å². The summed E-state index contributed by atoms with van der Waals surface area (Å²) in [6.07, 6.45) is 0.00160. The molecule has 86 valence electrons. The third-order valence-electron chi connectivity index (χ3n) is 1.86. The molecule has 0 aliphatic rings. The van der Waals surface area contributed by atoms with Crippen molar-refractivity contribution in [3.8, 4) is 0 Å². The second kappa shape index (κ2) is 4.60. The molecule has 2 atom stereocenters. The second-order valence-electron chi connectivity index (χ2n) is 5.92. The predicted molar refractivity (Wildman–Crippen MR) is 59.2 cm³/mol. The van der Waals surface area contributed by atoms with Crippen LogP contribution in [0.4, 0.5) is 0 Å². The van der Waals surface area contributed by atoms with E-state index in [-0.39, 0.29) is 22.3 Å². The van der Waals surface area contributed by atoms with Gasteiger partial charge in [-0.05, 0) is 48.5 Å². The maximum Gasteiger partial charge on any atom is 0.104 e. The van der Waals surface area contributed by atoms with Crippen molar-refractivity contribution in [1.29, 1.82) is 0 Å². The van der Waals surface area contributed by atoms with Gasteiger partial charge in [0.1, 0.15) is 12.6 Å². The van der Waals surface area contributed by atoms with Crippen LogP contribution >= 0.6 is 0 Å². The van der Waals surface area contributed by atoms with E-state index in [1.807, 2.05) is 48.5 Å². The van der Waals surface area contributed by atoms with Crippen LogP contribution in [-0.4, -0.2) is 23.8 Å². The van der Waals surface area contributed by atoms with Gasteiger partial charge in [0.05, 0.1) is 11.1 Å². The normalized spacial score (nSPS) is 18.0. The first kappa shape index (κ1) is 13.9. The Morgan fingerprint density at radius 3 is 1.86 bits per heavy atom. The van der Waals surface area contributed by atoms with E-state index in [4.69, 9.17) is 4.74 Å². The lowest BCUT2D eigenvalue weighted by Gasteiger charge is -2.38. The van der Waals surface area contributed by atoms with Gasteiger partial charge in [-0.2, -0.15) is 0 Å². The fraction of sp³-hybridized carbons (Fsp3) is 1.00. The maximum atomic E-state index is 11.7. The van der Waals surface area contributed by atoms with E-state index < -0.39 is 0 Å². The van der Waals surface area contributed by atoms with Crippen molar-refractivity contribution in [1.82, 2.24) is 0 Å². The topological polar surface area (TPSA) is 36.7 Å². The summed E-state index contributed by atoms with van der Waals surface area (Å²) in [4.78, 5) is 0. The van der Waals surface area contributed by atoms with Gasteiger partial charge in [0.15, 0.2) is 0 Å². The van der Waals surface area contributed by atoms with Gasteiger partial charge >= 0.3 is 0 Å². The van der Waals surface area contributed by atoms with Gasteiger partial charge in [0.25, 0.3) is 0 Å². The van der Waals surface area contributed by atoms with Gasteiger partial charge in [0, 0.05) is 0 Å². The Kier molecular flexibility index (Phi) is 4.56. The molecule has 0 saturated heterocycles. The third-order valence-corrected chi connectivity index (χ3v) is 1.86. The number of hydrogen-bond donors (Lipinski definition) is 1. The van der Waals surface area contributed by atoms with Gasteiger partial charge in [-0.3, -0.25) is 0 Å². The molecule has 0 aliphatic heterocycles. The molecule has 0 bridgehead atoms. The molecule has 0 radical (unpaired) electrons. The van der Waals surface area contributed by atoms with E-state index >= 15 is 0 Å². The molecule has 2 unspecified atom stereocenters. The van der Waals surface area contributed by atoms with Crippen molar-refractivity contribution in [3.63, 3.8) is 0 Å². The lowest BCUT2D eigenvalue weighted by Crippen LogP contribution is -3.15. The van der Waals surface area contributed by atoms with Crippen LogP contribution in [0.5, 0.6) is 0 Å². The number of hydrogen-bond acceptors (Lipinski definition) is 2. The zero-order chi connectivity index (χ0) is 11.6. The Labute approximate surface area is 88.0 Å². The van der Waals surface area contributed by atoms with Crippen LogP contribution in [0.2, 0.25) is 0 Å². The van der Waals surface area contributed by atoms with Gasteiger partial charge < -0.3 is 15.0 Å². The van der Waals surface area contributed by atoms with Gasteiger partial charge in [-0.25, -0.2) is 0 Å². The van der Waals surface area contributed by atoms with Crippen LogP contribution < -0.4 is 5.06 Å². The Balaban J connectivity index is 4.01. The predicted octanol–water partition coefficient (Wildman–Crippen LogP) is 1.37. The number of quaternary nitrogens is 1. The molecule has 14 heavy (non-hydrogen) atoms. The highest BCUT2D eigenvalue weighted by atomic mass is 16.5. The van der Waals surface area contributed by atoms with Crippen molar-refractivity contribution in [2.45, 2.75) is 65.7 Å². The summed E-state index contributed by atoms with van der Waals surface area (Å²) in [5.74, 6) is 0. The lowest BCUT2D eigenvalue weighted by atomic mass is 10.1. The minimum atomic E-state index is -0.254. The van der Waals surface area contributed by atoms with Crippen LogP contribution in [0.15, 0.2) is 0 Å². The highest BCUT2D eigenvalue weighted by Gasteiger charge is 2.23. The fourth-order valence-corrected chi connectivity index (χ4v) is 1.21. The number of hydroxylamine groups is 2. The molecule has 3 nitrogen and oxygen atoms in total. The highest BCUT2D eigenvalue weighted by molar-refractivity contribution is 4.64. The van der Waals surface area contributed by atoms with Gasteiger partial charge in [0.2, 0.25) is 0 Å². The summed E-state index contributed by atoms with van der Waals surface area (Å²) >= 11 is 0. The van der Waals surface area contributed by atoms with E-state index in [1.54, 1.807) is 0 Å². The molecule has 0 amide bonds. The largest absolute Gasteiger partial charge is 0.634 e. The Morgan fingerprint density at radius 1 is 1.14 bits per heavy atom. The molecule has 0 aromatic carbocycles. The van der Waals surface area contributed by atoms with E-state index in [9.17, 15) is 5.21 Å². The molecule has 0 aromatic rings. The minimum absolute atomic E-state index is 0.00160. The molecule has 1 N–H and O–H groups in total. The Morgan fingerprint density at radius 2 is 1.57 bits per heavy atom. The molecule has 0 saturated carbocycles. The molecule has 0 rings (SSSR count). The fourth-order valence-electron chi connectivity index (χ4n) is 1.21. The summed E-state index contributed by atoms with van der Waals surface area (Å²) in [5, 5.41) is 11.9. The number of ether oxygens (including phenoxy) is 1. The van der Waals surface area contributed by atoms with Crippen LogP contribution in [0.3, 0.4) is 0 Å². The van der Waals surface area contributed by atoms with Crippen molar-refractivity contribution in [2.24, 2.45) is 0 Å². The summed E-state index contributed by atoms with van der Waals surface area (Å²) in [6, 6.07) is 0. The standard InChI is InChI=1S/C11H25NO2/c1-9(14-11(5,6)7)8-12(13)10(2,3)4/h9,12H,8H2,1-7H3. The maximum absolute atomic E-state index is 11.7. The number of rotatable bonds is 3. The quantitative estimate of drug-likeness (QED) is 0.703. The first-order valence-corrected chi connectivity index (χ1v) is 5.23. The monoisotopic (exact) mass is 203 g/mol. The van der Waals surface area contributed by atoms with E-state index in [0.717, 1.165) is 0 Å². The average Bonchev–Trinajstić information content (AvgIpc) is 1.79. The molecule has 0 heterocycles. The van der Waals surface area contributed by atoms with Crippen molar-refractivity contribution in [2.75, 3.05) is 6.54 Å². The molecular weight excluding hydrogens is 178 g/mol. The molecule has 0 aliphatic carbocycles. The molecule has 3 heteroatoms. The second-order valence-corrected chi connectivity index (χ2v) is 5.92. The first-order valence-electron chi connectivity index (χ1n) is 5.23. The average molecular weight is 203 g/mol.